The molecule has 1 heterocycles. The molecule has 0 saturated carbocycles. The summed E-state index contributed by atoms with van der Waals surface area (Å²) in [6, 6.07) is 3.21. The van der Waals surface area contributed by atoms with Crippen molar-refractivity contribution in [3.8, 4) is 5.75 Å². The minimum Gasteiger partial charge on any atom is -0.496 e. The lowest BCUT2D eigenvalue weighted by Gasteiger charge is -2.42. The zero-order valence-electron chi connectivity index (χ0n) is 11.4. The van der Waals surface area contributed by atoms with Crippen LogP contribution in [0.25, 0.3) is 0 Å². The van der Waals surface area contributed by atoms with Gasteiger partial charge in [0.2, 0.25) is 0 Å². The minimum absolute atomic E-state index is 0.139. The van der Waals surface area contributed by atoms with Crippen LogP contribution in [0, 0.1) is 19.3 Å². The highest BCUT2D eigenvalue weighted by molar-refractivity contribution is 5.78. The summed E-state index contributed by atoms with van der Waals surface area (Å²) in [5.41, 5.74) is 7.92. The van der Waals surface area contributed by atoms with Crippen molar-refractivity contribution in [3.63, 3.8) is 0 Å². The van der Waals surface area contributed by atoms with E-state index in [2.05, 4.69) is 0 Å². The van der Waals surface area contributed by atoms with Crippen LogP contribution in [0.4, 0.5) is 0 Å². The SMILES string of the molecule is COc1cc(C)cc(C)c1C(N)C1(C(=O)O)COC1. The molecule has 3 N–H and O–H groups in total. The summed E-state index contributed by atoms with van der Waals surface area (Å²) in [7, 11) is 1.56. The van der Waals surface area contributed by atoms with E-state index in [0.29, 0.717) is 5.75 Å². The second-order valence-corrected chi connectivity index (χ2v) is 5.13. The summed E-state index contributed by atoms with van der Waals surface area (Å²) in [6.45, 7) is 4.16. The summed E-state index contributed by atoms with van der Waals surface area (Å²) < 4.78 is 10.4. The number of ether oxygens (including phenoxy) is 2. The van der Waals surface area contributed by atoms with Gasteiger partial charge in [-0.05, 0) is 31.0 Å². The summed E-state index contributed by atoms with van der Waals surface area (Å²) in [4.78, 5) is 11.5. The Balaban J connectivity index is 2.49. The van der Waals surface area contributed by atoms with Crippen molar-refractivity contribution < 1.29 is 19.4 Å². The Morgan fingerprint density at radius 2 is 2.11 bits per heavy atom. The molecule has 1 aliphatic rings. The Hall–Kier alpha value is -1.59. The molecule has 0 bridgehead atoms. The molecule has 0 aromatic heterocycles. The quantitative estimate of drug-likeness (QED) is 0.860. The van der Waals surface area contributed by atoms with Gasteiger partial charge in [0.15, 0.2) is 0 Å². The predicted molar refractivity (Wildman–Crippen MR) is 70.3 cm³/mol. The maximum absolute atomic E-state index is 11.5. The van der Waals surface area contributed by atoms with Crippen molar-refractivity contribution in [1.29, 1.82) is 0 Å². The fourth-order valence-corrected chi connectivity index (χ4v) is 2.54. The minimum atomic E-state index is -1.05. The maximum Gasteiger partial charge on any atom is 0.316 e. The van der Waals surface area contributed by atoms with Crippen LogP contribution in [0.3, 0.4) is 0 Å². The summed E-state index contributed by atoms with van der Waals surface area (Å²) in [6.07, 6.45) is 0. The largest absolute Gasteiger partial charge is 0.496 e. The van der Waals surface area contributed by atoms with Crippen molar-refractivity contribution >= 4 is 5.97 Å². The molecule has 2 rings (SSSR count). The third-order valence-electron chi connectivity index (χ3n) is 3.76. The van der Waals surface area contributed by atoms with E-state index >= 15 is 0 Å². The zero-order valence-corrected chi connectivity index (χ0v) is 11.4. The first kappa shape index (κ1) is 13.8. The van der Waals surface area contributed by atoms with Gasteiger partial charge in [0.1, 0.15) is 11.2 Å². The van der Waals surface area contributed by atoms with Crippen LogP contribution in [-0.4, -0.2) is 31.4 Å². The summed E-state index contributed by atoms with van der Waals surface area (Å²) >= 11 is 0. The lowest BCUT2D eigenvalue weighted by molar-refractivity contribution is -0.184. The Bertz CT molecular complexity index is 508. The second-order valence-electron chi connectivity index (χ2n) is 5.13. The Morgan fingerprint density at radius 3 is 2.53 bits per heavy atom. The third kappa shape index (κ3) is 2.09. The first-order valence-electron chi connectivity index (χ1n) is 6.14. The molecule has 1 aliphatic heterocycles. The van der Waals surface area contributed by atoms with Gasteiger partial charge < -0.3 is 20.3 Å². The maximum atomic E-state index is 11.5. The molecule has 1 aromatic rings. The number of carbonyl (C=O) groups is 1. The lowest BCUT2D eigenvalue weighted by atomic mass is 9.74. The van der Waals surface area contributed by atoms with E-state index in [9.17, 15) is 9.90 Å². The number of nitrogens with two attached hydrogens (primary N) is 1. The third-order valence-corrected chi connectivity index (χ3v) is 3.76. The average molecular weight is 265 g/mol. The Labute approximate surface area is 112 Å². The first-order chi connectivity index (χ1) is 8.92. The molecule has 0 radical (unpaired) electrons. The number of hydrogen-bond acceptors (Lipinski definition) is 4. The molecular weight excluding hydrogens is 246 g/mol. The molecule has 1 atom stereocenters. The highest BCUT2D eigenvalue weighted by atomic mass is 16.5. The molecule has 5 nitrogen and oxygen atoms in total. The molecule has 1 unspecified atom stereocenters. The lowest BCUT2D eigenvalue weighted by Crippen LogP contribution is -2.55. The normalized spacial score (nSPS) is 18.5. The van der Waals surface area contributed by atoms with Crippen LogP contribution in [0.2, 0.25) is 0 Å². The van der Waals surface area contributed by atoms with E-state index in [0.717, 1.165) is 16.7 Å². The van der Waals surface area contributed by atoms with E-state index in [1.807, 2.05) is 26.0 Å². The van der Waals surface area contributed by atoms with Crippen molar-refractivity contribution in [2.24, 2.45) is 11.1 Å². The number of aliphatic carboxylic acids is 1. The predicted octanol–water partition coefficient (Wildman–Crippen LogP) is 1.41. The van der Waals surface area contributed by atoms with Crippen molar-refractivity contribution in [3.05, 3.63) is 28.8 Å². The van der Waals surface area contributed by atoms with Gasteiger partial charge in [0.05, 0.1) is 26.4 Å². The number of carboxylic acids is 1. The monoisotopic (exact) mass is 265 g/mol. The summed E-state index contributed by atoms with van der Waals surface area (Å²) in [5, 5.41) is 9.42. The van der Waals surface area contributed by atoms with E-state index in [1.165, 1.54) is 0 Å². The standard InChI is InChI=1S/C14H19NO4/c1-8-4-9(2)11(10(5-8)18-3)12(15)14(13(16)17)6-19-7-14/h4-5,12H,6-7,15H2,1-3H3,(H,16,17). The van der Waals surface area contributed by atoms with Gasteiger partial charge in [-0.15, -0.1) is 0 Å². The Morgan fingerprint density at radius 1 is 1.47 bits per heavy atom. The molecule has 104 valence electrons. The van der Waals surface area contributed by atoms with Crippen molar-refractivity contribution in [2.45, 2.75) is 19.9 Å². The van der Waals surface area contributed by atoms with Gasteiger partial charge in [-0.1, -0.05) is 6.07 Å². The molecule has 1 aromatic carbocycles. The highest BCUT2D eigenvalue weighted by Gasteiger charge is 2.52. The van der Waals surface area contributed by atoms with Gasteiger partial charge in [0.25, 0.3) is 0 Å². The van der Waals surface area contributed by atoms with Crippen molar-refractivity contribution in [2.75, 3.05) is 20.3 Å². The molecule has 0 aliphatic carbocycles. The molecule has 19 heavy (non-hydrogen) atoms. The zero-order chi connectivity index (χ0) is 14.2. The van der Waals surface area contributed by atoms with Crippen LogP contribution in [0.15, 0.2) is 12.1 Å². The van der Waals surface area contributed by atoms with Crippen LogP contribution >= 0.6 is 0 Å². The van der Waals surface area contributed by atoms with Crippen LogP contribution in [0.1, 0.15) is 22.7 Å². The van der Waals surface area contributed by atoms with Crippen LogP contribution in [-0.2, 0) is 9.53 Å². The van der Waals surface area contributed by atoms with Gasteiger partial charge in [-0.3, -0.25) is 4.79 Å². The van der Waals surface area contributed by atoms with Gasteiger partial charge in [0, 0.05) is 5.56 Å². The fourth-order valence-electron chi connectivity index (χ4n) is 2.54. The molecular formula is C14H19NO4. The van der Waals surface area contributed by atoms with E-state index in [-0.39, 0.29) is 13.2 Å². The van der Waals surface area contributed by atoms with E-state index in [4.69, 9.17) is 15.2 Å². The first-order valence-corrected chi connectivity index (χ1v) is 6.14. The van der Waals surface area contributed by atoms with Gasteiger partial charge >= 0.3 is 5.97 Å². The molecule has 1 fully saturated rings. The average Bonchev–Trinajstić information content (AvgIpc) is 2.25. The molecule has 0 spiro atoms. The van der Waals surface area contributed by atoms with Crippen molar-refractivity contribution in [1.82, 2.24) is 0 Å². The molecule has 5 heteroatoms. The summed E-state index contributed by atoms with van der Waals surface area (Å²) in [5.74, 6) is -0.286. The van der Waals surface area contributed by atoms with E-state index in [1.54, 1.807) is 7.11 Å². The Kier molecular flexibility index (Phi) is 3.52. The number of carboxylic acid groups (broad SMARTS) is 1. The number of aryl methyl sites for hydroxylation is 2. The molecule has 1 saturated heterocycles. The van der Waals surface area contributed by atoms with Crippen LogP contribution < -0.4 is 10.5 Å². The van der Waals surface area contributed by atoms with Gasteiger partial charge in [-0.2, -0.15) is 0 Å². The highest BCUT2D eigenvalue weighted by Crippen LogP contribution is 2.43. The van der Waals surface area contributed by atoms with Crippen LogP contribution in [0.5, 0.6) is 5.75 Å². The number of methoxy groups -OCH3 is 1. The molecule has 0 amide bonds. The number of benzene rings is 1. The topological polar surface area (TPSA) is 81.8 Å². The second kappa shape index (κ2) is 4.83. The smallest absolute Gasteiger partial charge is 0.316 e. The van der Waals surface area contributed by atoms with E-state index < -0.39 is 17.4 Å². The fraction of sp³-hybridized carbons (Fsp3) is 0.500. The van der Waals surface area contributed by atoms with Gasteiger partial charge in [-0.25, -0.2) is 0 Å². The number of rotatable bonds is 4. The number of hydrogen-bond donors (Lipinski definition) is 2.